The van der Waals surface area contributed by atoms with Crippen LogP contribution in [0.1, 0.15) is 13.0 Å². The quantitative estimate of drug-likeness (QED) is 0.620. The number of nitrogens with one attached hydrogen (secondary N) is 1. The predicted molar refractivity (Wildman–Crippen MR) is 54.9 cm³/mol. The minimum atomic E-state index is -1.04. The number of aromatic amines is 1. The summed E-state index contributed by atoms with van der Waals surface area (Å²) in [6.45, 7) is 1.46. The number of aromatic nitrogens is 4. The van der Waals surface area contributed by atoms with E-state index in [-0.39, 0.29) is 17.0 Å². The normalized spacial score (nSPS) is 12.8. The second-order valence-corrected chi connectivity index (χ2v) is 3.29. The fourth-order valence-corrected chi connectivity index (χ4v) is 1.36. The average Bonchev–Trinajstić information content (AvgIpc) is 2.60. The number of carbonyl (C=O) groups is 1. The third-order valence-corrected chi connectivity index (χ3v) is 2.25. The van der Waals surface area contributed by atoms with E-state index in [1.807, 2.05) is 0 Å². The van der Waals surface area contributed by atoms with Crippen LogP contribution in [0.3, 0.4) is 0 Å². The molecule has 0 fully saturated rings. The number of H-pyrrole nitrogens is 1. The Hall–Kier alpha value is -2.38. The molecule has 8 heteroatoms. The van der Waals surface area contributed by atoms with Crippen LogP contribution < -0.4 is 11.4 Å². The summed E-state index contributed by atoms with van der Waals surface area (Å²) in [4.78, 5) is 31.8. The number of aliphatic carboxylic acids is 1. The lowest BCUT2D eigenvalue weighted by atomic mass is 10.3. The van der Waals surface area contributed by atoms with E-state index in [9.17, 15) is 9.59 Å². The van der Waals surface area contributed by atoms with Crippen LogP contribution >= 0.6 is 0 Å². The monoisotopic (exact) mass is 223 g/mol. The molecular weight excluding hydrogens is 214 g/mol. The Labute approximate surface area is 88.7 Å². The summed E-state index contributed by atoms with van der Waals surface area (Å²) in [5, 5.41) is 8.86. The molecule has 1 unspecified atom stereocenters. The van der Waals surface area contributed by atoms with Gasteiger partial charge in [-0.15, -0.1) is 0 Å². The van der Waals surface area contributed by atoms with E-state index < -0.39 is 17.7 Å². The Morgan fingerprint density at radius 3 is 3.00 bits per heavy atom. The second kappa shape index (κ2) is 3.33. The van der Waals surface area contributed by atoms with E-state index in [1.54, 1.807) is 0 Å². The smallest absolute Gasteiger partial charge is 0.348 e. The van der Waals surface area contributed by atoms with Gasteiger partial charge in [0, 0.05) is 0 Å². The molecular formula is C8H9N5O3. The average molecular weight is 223 g/mol. The van der Waals surface area contributed by atoms with Crippen molar-refractivity contribution in [3.63, 3.8) is 0 Å². The summed E-state index contributed by atoms with van der Waals surface area (Å²) in [6, 6.07) is -0.862. The molecule has 2 heterocycles. The molecule has 0 radical (unpaired) electrons. The van der Waals surface area contributed by atoms with Gasteiger partial charge in [0.25, 0.3) is 0 Å². The number of imidazole rings is 1. The number of nitrogens with zero attached hydrogens (tertiary/aromatic N) is 3. The molecule has 4 N–H and O–H groups in total. The number of carboxylic acid groups (broad SMARTS) is 1. The van der Waals surface area contributed by atoms with Gasteiger partial charge in [0.1, 0.15) is 17.4 Å². The first-order valence-corrected chi connectivity index (χ1v) is 4.46. The van der Waals surface area contributed by atoms with Crippen LogP contribution in [0.5, 0.6) is 0 Å². The van der Waals surface area contributed by atoms with Crippen LogP contribution in [-0.4, -0.2) is 30.6 Å². The van der Waals surface area contributed by atoms with Crippen molar-refractivity contribution in [2.24, 2.45) is 0 Å². The summed E-state index contributed by atoms with van der Waals surface area (Å²) >= 11 is 0. The van der Waals surface area contributed by atoms with Gasteiger partial charge in [0.2, 0.25) is 0 Å². The molecule has 8 nitrogen and oxygen atoms in total. The lowest BCUT2D eigenvalue weighted by molar-refractivity contribution is -0.140. The van der Waals surface area contributed by atoms with Crippen molar-refractivity contribution in [2.75, 3.05) is 5.73 Å². The molecule has 0 amide bonds. The topological polar surface area (TPSA) is 127 Å². The number of anilines is 1. The van der Waals surface area contributed by atoms with Crippen molar-refractivity contribution in [2.45, 2.75) is 13.0 Å². The van der Waals surface area contributed by atoms with Crippen LogP contribution in [-0.2, 0) is 4.79 Å². The van der Waals surface area contributed by atoms with Crippen molar-refractivity contribution in [1.82, 2.24) is 19.5 Å². The minimum Gasteiger partial charge on any atom is -0.480 e. The Morgan fingerprint density at radius 2 is 2.38 bits per heavy atom. The van der Waals surface area contributed by atoms with Crippen LogP contribution in [0.25, 0.3) is 11.2 Å². The van der Waals surface area contributed by atoms with E-state index in [2.05, 4.69) is 15.0 Å². The molecule has 2 aromatic rings. The molecule has 0 bridgehead atoms. The summed E-state index contributed by atoms with van der Waals surface area (Å²) < 4.78 is 1.28. The van der Waals surface area contributed by atoms with Gasteiger partial charge in [0.15, 0.2) is 5.65 Å². The lowest BCUT2D eigenvalue weighted by Crippen LogP contribution is -2.18. The third kappa shape index (κ3) is 1.40. The van der Waals surface area contributed by atoms with Gasteiger partial charge in [0.05, 0.1) is 6.33 Å². The Balaban J connectivity index is 2.74. The third-order valence-electron chi connectivity index (χ3n) is 2.25. The molecule has 0 aliphatic carbocycles. The Morgan fingerprint density at radius 1 is 1.69 bits per heavy atom. The highest BCUT2D eigenvalue weighted by Crippen LogP contribution is 2.17. The van der Waals surface area contributed by atoms with Gasteiger partial charge in [-0.3, -0.25) is 4.98 Å². The highest BCUT2D eigenvalue weighted by atomic mass is 16.4. The van der Waals surface area contributed by atoms with E-state index in [1.165, 1.54) is 17.8 Å². The number of carboxylic acids is 1. The summed E-state index contributed by atoms with van der Waals surface area (Å²) in [6.07, 6.45) is 1.29. The minimum absolute atomic E-state index is 0.0753. The molecule has 0 saturated carbocycles. The number of nitrogens with two attached hydrogens (primary N) is 1. The first kappa shape index (κ1) is 10.1. The molecule has 0 aliphatic heterocycles. The standard InChI is InChI=1S/C8H9N5O3/c1-3(7(14)15)13-2-10-4-5(9)11-8(16)12-6(4)13/h2-3H,1H3,(H,14,15)(H3,9,11,12,16). The van der Waals surface area contributed by atoms with Gasteiger partial charge >= 0.3 is 11.7 Å². The number of fused-ring (bicyclic) bond motifs is 1. The number of hydrogen-bond acceptors (Lipinski definition) is 5. The Kier molecular flexibility index (Phi) is 2.11. The van der Waals surface area contributed by atoms with E-state index >= 15 is 0 Å². The molecule has 1 atom stereocenters. The van der Waals surface area contributed by atoms with E-state index in [4.69, 9.17) is 10.8 Å². The summed E-state index contributed by atoms with van der Waals surface area (Å²) in [5.74, 6) is -0.966. The van der Waals surface area contributed by atoms with Crippen molar-refractivity contribution < 1.29 is 9.90 Å². The lowest BCUT2D eigenvalue weighted by Gasteiger charge is -2.07. The zero-order valence-corrected chi connectivity index (χ0v) is 8.34. The molecule has 2 aromatic heterocycles. The second-order valence-electron chi connectivity index (χ2n) is 3.29. The van der Waals surface area contributed by atoms with Gasteiger partial charge in [-0.2, -0.15) is 4.98 Å². The first-order valence-electron chi connectivity index (χ1n) is 4.46. The number of nitrogen functional groups attached to an aromatic ring is 1. The summed E-state index contributed by atoms with van der Waals surface area (Å²) in [5.41, 5.74) is 5.34. The highest BCUT2D eigenvalue weighted by Gasteiger charge is 2.18. The van der Waals surface area contributed by atoms with Gasteiger partial charge in [-0.1, -0.05) is 0 Å². The van der Waals surface area contributed by atoms with Crippen molar-refractivity contribution >= 4 is 23.0 Å². The fourth-order valence-electron chi connectivity index (χ4n) is 1.36. The highest BCUT2D eigenvalue weighted by molar-refractivity contribution is 5.83. The maximum absolute atomic E-state index is 11.1. The van der Waals surface area contributed by atoms with Gasteiger partial charge < -0.3 is 15.4 Å². The first-order chi connectivity index (χ1) is 7.50. The van der Waals surface area contributed by atoms with Crippen LogP contribution in [0.2, 0.25) is 0 Å². The van der Waals surface area contributed by atoms with Gasteiger partial charge in [-0.25, -0.2) is 14.6 Å². The SMILES string of the molecule is CC(C(=O)O)n1cnc2c(N)[nH]c(=O)nc21. The zero-order chi connectivity index (χ0) is 11.9. The van der Waals surface area contributed by atoms with Gasteiger partial charge in [-0.05, 0) is 6.92 Å². The molecule has 0 aromatic carbocycles. The van der Waals surface area contributed by atoms with E-state index in [0.717, 1.165) is 0 Å². The molecule has 84 valence electrons. The maximum Gasteiger partial charge on any atom is 0.348 e. The number of rotatable bonds is 2. The zero-order valence-electron chi connectivity index (χ0n) is 8.34. The molecule has 0 spiro atoms. The molecule has 0 aliphatic rings. The van der Waals surface area contributed by atoms with Crippen LogP contribution in [0.4, 0.5) is 5.82 Å². The van der Waals surface area contributed by atoms with Crippen LogP contribution in [0.15, 0.2) is 11.1 Å². The molecule has 0 saturated heterocycles. The van der Waals surface area contributed by atoms with Crippen molar-refractivity contribution in [3.05, 3.63) is 16.8 Å². The predicted octanol–water partition coefficient (Wildman–Crippen LogP) is -0.653. The van der Waals surface area contributed by atoms with Crippen molar-refractivity contribution in [1.29, 1.82) is 0 Å². The van der Waals surface area contributed by atoms with Crippen molar-refractivity contribution in [3.8, 4) is 0 Å². The molecule has 16 heavy (non-hydrogen) atoms. The molecule has 2 rings (SSSR count). The Bertz CT molecular complexity index is 614. The van der Waals surface area contributed by atoms with Crippen LogP contribution in [0, 0.1) is 0 Å². The fraction of sp³-hybridized carbons (Fsp3) is 0.250. The van der Waals surface area contributed by atoms with E-state index in [0.29, 0.717) is 0 Å². The maximum atomic E-state index is 11.1. The largest absolute Gasteiger partial charge is 0.480 e. The number of hydrogen-bond donors (Lipinski definition) is 3. The summed E-state index contributed by atoms with van der Waals surface area (Å²) in [7, 11) is 0.